The lowest BCUT2D eigenvalue weighted by Crippen LogP contribution is -2.38. The topological polar surface area (TPSA) is 26.3 Å². The monoisotopic (exact) mass is 218 g/mol. The number of para-hydroxylation sites is 1. The Morgan fingerprint density at radius 3 is 2.94 bits per heavy atom. The lowest BCUT2D eigenvalue weighted by Gasteiger charge is -2.38. The summed E-state index contributed by atoms with van der Waals surface area (Å²) in [6.07, 6.45) is 3.91. The molecule has 86 valence electrons. The molecule has 0 amide bonds. The molecule has 0 bridgehead atoms. The molecule has 0 saturated carbocycles. The molecule has 2 atom stereocenters. The molecule has 2 rings (SSSR count). The average Bonchev–Trinajstić information content (AvgIpc) is 2.28. The van der Waals surface area contributed by atoms with Gasteiger partial charge in [-0.2, -0.15) is 0 Å². The third kappa shape index (κ3) is 1.97. The van der Waals surface area contributed by atoms with Crippen molar-refractivity contribution >= 4 is 6.29 Å². The van der Waals surface area contributed by atoms with Crippen LogP contribution in [0.15, 0.2) is 24.3 Å². The Labute approximate surface area is 96.6 Å². The van der Waals surface area contributed by atoms with Gasteiger partial charge < -0.3 is 9.53 Å². The van der Waals surface area contributed by atoms with Gasteiger partial charge in [0.15, 0.2) is 0 Å². The molecular weight excluding hydrogens is 200 g/mol. The van der Waals surface area contributed by atoms with E-state index in [4.69, 9.17) is 4.74 Å². The summed E-state index contributed by atoms with van der Waals surface area (Å²) in [7, 11) is 0. The van der Waals surface area contributed by atoms with Gasteiger partial charge in [0.1, 0.15) is 17.6 Å². The van der Waals surface area contributed by atoms with E-state index in [-0.39, 0.29) is 11.5 Å². The third-order valence-corrected chi connectivity index (χ3v) is 3.27. The smallest absolute Gasteiger partial charge is 0.127 e. The molecule has 2 unspecified atom stereocenters. The molecule has 2 nitrogen and oxygen atoms in total. The van der Waals surface area contributed by atoms with Crippen LogP contribution in [0.5, 0.6) is 5.75 Å². The van der Waals surface area contributed by atoms with Gasteiger partial charge in [0, 0.05) is 17.9 Å². The van der Waals surface area contributed by atoms with E-state index in [1.165, 1.54) is 0 Å². The Kier molecular flexibility index (Phi) is 2.99. The molecule has 1 aliphatic rings. The van der Waals surface area contributed by atoms with Crippen LogP contribution in [-0.4, -0.2) is 11.9 Å². The normalized spacial score (nSPS) is 28.0. The van der Waals surface area contributed by atoms with Crippen LogP contribution in [-0.2, 0) is 4.79 Å². The van der Waals surface area contributed by atoms with Crippen LogP contribution in [0.1, 0.15) is 44.6 Å². The van der Waals surface area contributed by atoms with Crippen molar-refractivity contribution in [1.29, 1.82) is 0 Å². The first kappa shape index (κ1) is 11.2. The summed E-state index contributed by atoms with van der Waals surface area (Å²) >= 11 is 0. The van der Waals surface area contributed by atoms with E-state index in [1.807, 2.05) is 24.3 Å². The summed E-state index contributed by atoms with van der Waals surface area (Å²) < 4.78 is 6.03. The maximum Gasteiger partial charge on any atom is 0.127 e. The van der Waals surface area contributed by atoms with Gasteiger partial charge in [-0.15, -0.1) is 0 Å². The molecule has 0 radical (unpaired) electrons. The number of benzene rings is 1. The van der Waals surface area contributed by atoms with E-state index >= 15 is 0 Å². The van der Waals surface area contributed by atoms with E-state index in [0.717, 1.165) is 36.9 Å². The Balaban J connectivity index is 2.35. The highest BCUT2D eigenvalue weighted by atomic mass is 16.5. The van der Waals surface area contributed by atoms with E-state index in [0.29, 0.717) is 0 Å². The highest BCUT2D eigenvalue weighted by Crippen LogP contribution is 2.41. The molecule has 1 aromatic carbocycles. The molecular formula is C14H18O2. The lowest BCUT2D eigenvalue weighted by atomic mass is 9.82. The predicted octanol–water partition coefficient (Wildman–Crippen LogP) is 3.31. The number of fused-ring (bicyclic) bond motifs is 1. The highest BCUT2D eigenvalue weighted by molar-refractivity contribution is 5.65. The van der Waals surface area contributed by atoms with Gasteiger partial charge in [-0.3, -0.25) is 0 Å². The lowest BCUT2D eigenvalue weighted by molar-refractivity contribution is -0.111. The molecule has 1 aliphatic heterocycles. The van der Waals surface area contributed by atoms with Crippen LogP contribution >= 0.6 is 0 Å². The van der Waals surface area contributed by atoms with Crippen LogP contribution in [0.25, 0.3) is 0 Å². The molecule has 0 spiro atoms. The molecule has 0 aliphatic carbocycles. The number of carbonyl (C=O) groups is 1. The zero-order chi connectivity index (χ0) is 11.6. The van der Waals surface area contributed by atoms with Gasteiger partial charge >= 0.3 is 0 Å². The molecule has 0 saturated heterocycles. The highest BCUT2D eigenvalue weighted by Gasteiger charge is 2.36. The minimum atomic E-state index is -0.186. The van der Waals surface area contributed by atoms with Gasteiger partial charge in [-0.05, 0) is 19.4 Å². The fourth-order valence-electron chi connectivity index (χ4n) is 2.57. The van der Waals surface area contributed by atoms with Gasteiger partial charge in [0.25, 0.3) is 0 Å². The number of aldehydes is 1. The van der Waals surface area contributed by atoms with Crippen molar-refractivity contribution in [2.75, 3.05) is 0 Å². The van der Waals surface area contributed by atoms with E-state index in [9.17, 15) is 4.79 Å². The second-order valence-corrected chi connectivity index (χ2v) is 4.79. The average molecular weight is 218 g/mol. The van der Waals surface area contributed by atoms with E-state index in [2.05, 4.69) is 13.8 Å². The number of carbonyl (C=O) groups excluding carboxylic acids is 1. The zero-order valence-electron chi connectivity index (χ0n) is 9.90. The molecule has 0 aromatic heterocycles. The first-order valence-electron chi connectivity index (χ1n) is 5.92. The minimum Gasteiger partial charge on any atom is -0.487 e. The zero-order valence-corrected chi connectivity index (χ0v) is 9.90. The fraction of sp³-hybridized carbons (Fsp3) is 0.500. The van der Waals surface area contributed by atoms with Gasteiger partial charge in [0.2, 0.25) is 0 Å². The first-order chi connectivity index (χ1) is 7.68. The van der Waals surface area contributed by atoms with Crippen LogP contribution in [0.3, 0.4) is 0 Å². The second kappa shape index (κ2) is 4.28. The fourth-order valence-corrected chi connectivity index (χ4v) is 2.57. The Hall–Kier alpha value is -1.31. The minimum absolute atomic E-state index is 0.0125. The summed E-state index contributed by atoms with van der Waals surface area (Å²) in [5, 5.41) is 0. The van der Waals surface area contributed by atoms with Crippen molar-refractivity contribution in [3.8, 4) is 5.75 Å². The Bertz CT molecular complexity index is 386. The standard InChI is InChI=1S/C14H18O2/c1-3-8-14(2)9-11(10-15)12-6-4-5-7-13(12)16-14/h4-7,10-11H,3,8-9H2,1-2H3. The number of hydrogen-bond donors (Lipinski definition) is 0. The predicted molar refractivity (Wildman–Crippen MR) is 63.8 cm³/mol. The molecule has 1 heterocycles. The first-order valence-corrected chi connectivity index (χ1v) is 5.92. The summed E-state index contributed by atoms with van der Waals surface area (Å²) in [5.74, 6) is 0.864. The van der Waals surface area contributed by atoms with Gasteiger partial charge in [-0.1, -0.05) is 31.5 Å². The Morgan fingerprint density at radius 1 is 1.50 bits per heavy atom. The van der Waals surface area contributed by atoms with E-state index in [1.54, 1.807) is 0 Å². The quantitative estimate of drug-likeness (QED) is 0.727. The maximum absolute atomic E-state index is 11.2. The summed E-state index contributed by atoms with van der Waals surface area (Å²) in [6, 6.07) is 7.86. The molecule has 0 N–H and O–H groups in total. The number of hydrogen-bond acceptors (Lipinski definition) is 2. The van der Waals surface area contributed by atoms with Crippen LogP contribution in [0, 0.1) is 0 Å². The molecule has 0 fully saturated rings. The molecule has 1 aromatic rings. The Morgan fingerprint density at radius 2 is 2.25 bits per heavy atom. The van der Waals surface area contributed by atoms with Crippen molar-refractivity contribution in [1.82, 2.24) is 0 Å². The SMILES string of the molecule is CCCC1(C)CC(C=O)c2ccccc2O1. The van der Waals surface area contributed by atoms with Crippen LogP contribution < -0.4 is 4.74 Å². The number of ether oxygens (including phenoxy) is 1. The molecule has 16 heavy (non-hydrogen) atoms. The van der Waals surface area contributed by atoms with Crippen LogP contribution in [0.2, 0.25) is 0 Å². The largest absolute Gasteiger partial charge is 0.487 e. The second-order valence-electron chi connectivity index (χ2n) is 4.79. The van der Waals surface area contributed by atoms with Crippen molar-refractivity contribution in [2.45, 2.75) is 44.6 Å². The van der Waals surface area contributed by atoms with Crippen molar-refractivity contribution in [3.63, 3.8) is 0 Å². The molecule has 2 heteroatoms. The van der Waals surface area contributed by atoms with Gasteiger partial charge in [-0.25, -0.2) is 0 Å². The summed E-state index contributed by atoms with van der Waals surface area (Å²) in [5.41, 5.74) is 0.848. The summed E-state index contributed by atoms with van der Waals surface area (Å²) in [6.45, 7) is 4.24. The van der Waals surface area contributed by atoms with E-state index < -0.39 is 0 Å². The van der Waals surface area contributed by atoms with Crippen molar-refractivity contribution in [2.24, 2.45) is 0 Å². The third-order valence-electron chi connectivity index (χ3n) is 3.27. The van der Waals surface area contributed by atoms with Crippen LogP contribution in [0.4, 0.5) is 0 Å². The number of rotatable bonds is 3. The maximum atomic E-state index is 11.2. The van der Waals surface area contributed by atoms with Gasteiger partial charge in [0.05, 0.1) is 0 Å². The van der Waals surface area contributed by atoms with Crippen molar-refractivity contribution < 1.29 is 9.53 Å². The van der Waals surface area contributed by atoms with Crippen molar-refractivity contribution in [3.05, 3.63) is 29.8 Å². The summed E-state index contributed by atoms with van der Waals surface area (Å²) in [4.78, 5) is 11.2.